The lowest BCUT2D eigenvalue weighted by Crippen LogP contribution is -2.38. The summed E-state index contributed by atoms with van der Waals surface area (Å²) in [6.45, 7) is 3.96. The predicted octanol–water partition coefficient (Wildman–Crippen LogP) is 9.68. The number of alkyl halides is 3. The number of benzene rings is 1. The third-order valence-corrected chi connectivity index (χ3v) is 9.20. The molecule has 1 aromatic carbocycles. The van der Waals surface area contributed by atoms with E-state index >= 15 is 0 Å². The summed E-state index contributed by atoms with van der Waals surface area (Å²) in [6, 6.07) is 8.76. The zero-order chi connectivity index (χ0) is 27.0. The molecule has 1 aliphatic heterocycles. The fourth-order valence-corrected chi connectivity index (χ4v) is 6.73. The van der Waals surface area contributed by atoms with E-state index in [0.717, 1.165) is 38.4 Å². The number of aryl methyl sites for hydroxylation is 1. The summed E-state index contributed by atoms with van der Waals surface area (Å²) in [5.74, 6) is 0.571. The van der Waals surface area contributed by atoms with E-state index in [4.69, 9.17) is 9.47 Å². The van der Waals surface area contributed by atoms with Gasteiger partial charge in [-0.2, -0.15) is 13.2 Å². The van der Waals surface area contributed by atoms with Crippen LogP contribution in [0.15, 0.2) is 36.2 Å². The summed E-state index contributed by atoms with van der Waals surface area (Å²) in [5, 5.41) is 0. The van der Waals surface area contributed by atoms with Gasteiger partial charge in [0.15, 0.2) is 6.29 Å². The lowest BCUT2D eigenvalue weighted by molar-refractivity contribution is -0.230. The van der Waals surface area contributed by atoms with E-state index in [2.05, 4.69) is 31.2 Å². The van der Waals surface area contributed by atoms with Crippen molar-refractivity contribution in [1.29, 1.82) is 0 Å². The molecule has 2 saturated carbocycles. The Morgan fingerprint density at radius 3 is 2.11 bits per heavy atom. The summed E-state index contributed by atoms with van der Waals surface area (Å²) < 4.78 is 63.5. The van der Waals surface area contributed by atoms with Crippen LogP contribution < -0.4 is 0 Å². The molecule has 0 bridgehead atoms. The molecule has 0 atom stereocenters. The summed E-state index contributed by atoms with van der Waals surface area (Å²) >= 11 is 0. The molecular weight excluding hydrogens is 492 g/mol. The smallest absolute Gasteiger partial charge is 0.352 e. The Kier molecular flexibility index (Phi) is 11.1. The van der Waals surface area contributed by atoms with E-state index < -0.39 is 17.9 Å². The van der Waals surface area contributed by atoms with Crippen molar-refractivity contribution >= 4 is 0 Å². The summed E-state index contributed by atoms with van der Waals surface area (Å²) in [5.41, 5.74) is 2.57. The molecule has 38 heavy (non-hydrogen) atoms. The minimum atomic E-state index is -4.58. The van der Waals surface area contributed by atoms with Gasteiger partial charge in [-0.15, -0.1) is 0 Å². The fourth-order valence-electron chi connectivity index (χ4n) is 6.73. The van der Waals surface area contributed by atoms with Crippen LogP contribution >= 0.6 is 0 Å². The van der Waals surface area contributed by atoms with Crippen LogP contribution in [0.25, 0.3) is 0 Å². The molecule has 0 radical (unpaired) electrons. The van der Waals surface area contributed by atoms with Crippen LogP contribution in [0, 0.1) is 23.7 Å². The molecule has 1 aromatic rings. The van der Waals surface area contributed by atoms with Gasteiger partial charge in [0.05, 0.1) is 19.3 Å². The zero-order valence-corrected chi connectivity index (χ0v) is 23.0. The van der Waals surface area contributed by atoms with Crippen molar-refractivity contribution < 1.29 is 27.0 Å². The van der Waals surface area contributed by atoms with Crippen molar-refractivity contribution in [2.75, 3.05) is 13.2 Å². The van der Waals surface area contributed by atoms with Gasteiger partial charge in [0.2, 0.25) is 0 Å². The fraction of sp³-hybridized carbons (Fsp3) is 0.750. The second-order valence-electron chi connectivity index (χ2n) is 12.1. The van der Waals surface area contributed by atoms with Gasteiger partial charge in [-0.3, -0.25) is 0 Å². The van der Waals surface area contributed by atoms with E-state index in [9.17, 15) is 17.6 Å². The first-order valence-electron chi connectivity index (χ1n) is 15.1. The van der Waals surface area contributed by atoms with Crippen LogP contribution in [0.5, 0.6) is 0 Å². The molecule has 1 saturated heterocycles. The molecule has 0 unspecified atom stereocenters. The summed E-state index contributed by atoms with van der Waals surface area (Å²) in [4.78, 5) is 0. The number of rotatable bonds is 10. The first kappa shape index (κ1) is 29.6. The topological polar surface area (TPSA) is 18.5 Å². The van der Waals surface area contributed by atoms with E-state index in [1.807, 2.05) is 0 Å². The first-order chi connectivity index (χ1) is 18.3. The Bertz CT molecular complexity index is 841. The molecule has 0 spiro atoms. The molecular formula is C32H46F4O2. The lowest BCUT2D eigenvalue weighted by atomic mass is 9.77. The second kappa shape index (κ2) is 14.3. The predicted molar refractivity (Wildman–Crippen MR) is 143 cm³/mol. The van der Waals surface area contributed by atoms with Crippen LogP contribution in [-0.2, 0) is 15.9 Å². The third-order valence-electron chi connectivity index (χ3n) is 9.20. The first-order valence-corrected chi connectivity index (χ1v) is 15.1. The van der Waals surface area contributed by atoms with E-state index in [1.54, 1.807) is 0 Å². The molecule has 2 aliphatic carbocycles. The second-order valence-corrected chi connectivity index (χ2v) is 12.1. The third kappa shape index (κ3) is 9.08. The Morgan fingerprint density at radius 2 is 1.50 bits per heavy atom. The highest BCUT2D eigenvalue weighted by atomic mass is 19.4. The Morgan fingerprint density at radius 1 is 0.842 bits per heavy atom. The van der Waals surface area contributed by atoms with Crippen molar-refractivity contribution in [3.05, 3.63) is 47.3 Å². The number of allylic oxidation sites excluding steroid dienone is 2. The molecule has 3 fully saturated rings. The normalized spacial score (nSPS) is 31.3. The maximum atomic E-state index is 13.9. The van der Waals surface area contributed by atoms with Gasteiger partial charge >= 0.3 is 6.18 Å². The number of halogens is 4. The summed E-state index contributed by atoms with van der Waals surface area (Å²) in [6.07, 6.45) is 9.88. The maximum Gasteiger partial charge on any atom is 0.412 e. The number of hydrogen-bond donors (Lipinski definition) is 0. The molecule has 6 heteroatoms. The number of ether oxygens (including phenoxy) is 2. The highest BCUT2D eigenvalue weighted by molar-refractivity contribution is 5.26. The van der Waals surface area contributed by atoms with Crippen LogP contribution in [-0.4, -0.2) is 25.7 Å². The average Bonchev–Trinajstić information content (AvgIpc) is 2.92. The number of unbranched alkanes of at least 4 members (excludes halogenated alkanes) is 2. The average molecular weight is 539 g/mol. The van der Waals surface area contributed by atoms with Crippen molar-refractivity contribution in [3.63, 3.8) is 0 Å². The van der Waals surface area contributed by atoms with Crippen molar-refractivity contribution in [2.24, 2.45) is 23.7 Å². The quantitative estimate of drug-likeness (QED) is 0.218. The van der Waals surface area contributed by atoms with Gasteiger partial charge in [-0.25, -0.2) is 4.39 Å². The van der Waals surface area contributed by atoms with Gasteiger partial charge in [0.1, 0.15) is 5.83 Å². The van der Waals surface area contributed by atoms with E-state index in [1.165, 1.54) is 68.9 Å². The molecule has 1 heterocycles. The molecule has 214 valence electrons. The largest absolute Gasteiger partial charge is 0.412 e. The zero-order valence-electron chi connectivity index (χ0n) is 23.0. The minimum absolute atomic E-state index is 0.00172. The van der Waals surface area contributed by atoms with Crippen LogP contribution in [0.2, 0.25) is 0 Å². The molecule has 0 aromatic heterocycles. The van der Waals surface area contributed by atoms with Gasteiger partial charge in [-0.05, 0) is 93.6 Å². The van der Waals surface area contributed by atoms with E-state index in [-0.39, 0.29) is 12.4 Å². The molecule has 0 amide bonds. The van der Waals surface area contributed by atoms with E-state index in [0.29, 0.717) is 30.6 Å². The van der Waals surface area contributed by atoms with Crippen LogP contribution in [0.4, 0.5) is 17.6 Å². The van der Waals surface area contributed by atoms with Gasteiger partial charge in [-0.1, -0.05) is 50.5 Å². The molecule has 2 nitrogen and oxygen atoms in total. The van der Waals surface area contributed by atoms with Crippen molar-refractivity contribution in [1.82, 2.24) is 0 Å². The minimum Gasteiger partial charge on any atom is -0.352 e. The van der Waals surface area contributed by atoms with Crippen LogP contribution in [0.3, 0.4) is 0 Å². The molecule has 0 N–H and O–H groups in total. The Hall–Kier alpha value is -1.40. The summed E-state index contributed by atoms with van der Waals surface area (Å²) in [7, 11) is 0. The number of hydrogen-bond acceptors (Lipinski definition) is 2. The van der Waals surface area contributed by atoms with Gasteiger partial charge in [0.25, 0.3) is 0 Å². The molecule has 3 aliphatic rings. The monoisotopic (exact) mass is 538 g/mol. The SMILES string of the molecule is CCCCCC1COC(C2CCC(CCc3ccc(C4CCC(/C(F)=C/C(F)(F)F)CC4)cc3)CC2)OC1. The highest BCUT2D eigenvalue weighted by Gasteiger charge is 2.33. The standard InChI is InChI=1S/C32H46F4O2/c1-2-3-4-5-25-21-37-31(38-22-25)29-14-10-24(11-15-29)7-6-23-8-12-26(13-9-23)27-16-18-28(19-17-27)30(33)20-32(34,35)36/h8-9,12-13,20,24-25,27-29,31H,2-7,10-11,14-19,21-22H2,1H3/b30-20-. The Labute approximate surface area is 226 Å². The Balaban J connectivity index is 1.13. The van der Waals surface area contributed by atoms with Gasteiger partial charge in [0, 0.05) is 17.8 Å². The van der Waals surface area contributed by atoms with Gasteiger partial charge < -0.3 is 9.47 Å². The van der Waals surface area contributed by atoms with Crippen molar-refractivity contribution in [2.45, 2.75) is 115 Å². The van der Waals surface area contributed by atoms with Crippen LogP contribution in [0.1, 0.15) is 107 Å². The highest BCUT2D eigenvalue weighted by Crippen LogP contribution is 2.40. The van der Waals surface area contributed by atoms with Crippen molar-refractivity contribution in [3.8, 4) is 0 Å². The molecule has 4 rings (SSSR count). The maximum absolute atomic E-state index is 13.9. The lowest BCUT2D eigenvalue weighted by Gasteiger charge is -2.37.